The van der Waals surface area contributed by atoms with Gasteiger partial charge < -0.3 is 10.1 Å². The number of morpholine rings is 1. The number of nitrogens with zero attached hydrogens (tertiary/aromatic N) is 1. The SMILES string of the molecule is C=C(C)CCC(NC)C1(N2CCOCC2)CCCC1. The average Bonchev–Trinajstić information content (AvgIpc) is 2.91. The van der Waals surface area contributed by atoms with Crippen LogP contribution in [-0.2, 0) is 4.74 Å². The second-order valence-electron chi connectivity index (χ2n) is 6.25. The van der Waals surface area contributed by atoms with Crippen molar-refractivity contribution in [2.24, 2.45) is 0 Å². The van der Waals surface area contributed by atoms with Gasteiger partial charge >= 0.3 is 0 Å². The third-order valence-corrected chi connectivity index (χ3v) is 4.97. The molecule has 0 aromatic carbocycles. The molecular formula is C16H30N2O. The molecule has 1 aliphatic heterocycles. The lowest BCUT2D eigenvalue weighted by Gasteiger charge is -2.48. The monoisotopic (exact) mass is 266 g/mol. The Balaban J connectivity index is 2.08. The van der Waals surface area contributed by atoms with Gasteiger partial charge in [-0.1, -0.05) is 18.4 Å². The normalized spacial score (nSPS) is 25.4. The van der Waals surface area contributed by atoms with E-state index in [0.29, 0.717) is 11.6 Å². The van der Waals surface area contributed by atoms with E-state index in [1.165, 1.54) is 37.7 Å². The second kappa shape index (κ2) is 6.87. The molecule has 0 aromatic heterocycles. The molecule has 0 aromatic rings. The van der Waals surface area contributed by atoms with Crippen molar-refractivity contribution in [1.29, 1.82) is 0 Å². The highest BCUT2D eigenvalue weighted by molar-refractivity contribution is 5.05. The Morgan fingerprint density at radius 2 is 1.95 bits per heavy atom. The molecule has 1 heterocycles. The minimum Gasteiger partial charge on any atom is -0.379 e. The van der Waals surface area contributed by atoms with Crippen LogP contribution in [0.4, 0.5) is 0 Å². The van der Waals surface area contributed by atoms with Crippen molar-refractivity contribution >= 4 is 0 Å². The number of hydrogen-bond acceptors (Lipinski definition) is 3. The first-order valence-electron chi connectivity index (χ1n) is 7.83. The lowest BCUT2D eigenvalue weighted by Crippen LogP contribution is -2.61. The van der Waals surface area contributed by atoms with Gasteiger partial charge in [0.2, 0.25) is 0 Å². The van der Waals surface area contributed by atoms with Gasteiger partial charge in [0, 0.05) is 24.7 Å². The summed E-state index contributed by atoms with van der Waals surface area (Å²) in [7, 11) is 2.13. The van der Waals surface area contributed by atoms with Gasteiger partial charge in [-0.05, 0) is 39.7 Å². The van der Waals surface area contributed by atoms with Crippen LogP contribution in [0.1, 0.15) is 45.4 Å². The number of rotatable bonds is 6. The van der Waals surface area contributed by atoms with Crippen LogP contribution in [0.3, 0.4) is 0 Å². The third kappa shape index (κ3) is 3.39. The number of nitrogens with one attached hydrogen (secondary N) is 1. The molecule has 0 amide bonds. The summed E-state index contributed by atoms with van der Waals surface area (Å²) in [4.78, 5) is 2.71. The molecule has 0 bridgehead atoms. The molecule has 3 heteroatoms. The third-order valence-electron chi connectivity index (χ3n) is 4.97. The van der Waals surface area contributed by atoms with E-state index >= 15 is 0 Å². The lowest BCUT2D eigenvalue weighted by molar-refractivity contribution is -0.0358. The Bertz CT molecular complexity index is 291. The van der Waals surface area contributed by atoms with Crippen LogP contribution in [0.5, 0.6) is 0 Å². The van der Waals surface area contributed by atoms with E-state index < -0.39 is 0 Å². The van der Waals surface area contributed by atoms with Crippen molar-refractivity contribution in [1.82, 2.24) is 10.2 Å². The van der Waals surface area contributed by atoms with E-state index in [-0.39, 0.29) is 0 Å². The fraction of sp³-hybridized carbons (Fsp3) is 0.875. The van der Waals surface area contributed by atoms with E-state index in [1.54, 1.807) is 0 Å². The van der Waals surface area contributed by atoms with Gasteiger partial charge in [0.15, 0.2) is 0 Å². The summed E-state index contributed by atoms with van der Waals surface area (Å²) in [5.74, 6) is 0. The van der Waals surface area contributed by atoms with Crippen molar-refractivity contribution in [3.8, 4) is 0 Å². The van der Waals surface area contributed by atoms with E-state index in [4.69, 9.17) is 4.74 Å². The minimum absolute atomic E-state index is 0.369. The highest BCUT2D eigenvalue weighted by Crippen LogP contribution is 2.40. The Morgan fingerprint density at radius 3 is 2.47 bits per heavy atom. The number of allylic oxidation sites excluding steroid dienone is 1. The van der Waals surface area contributed by atoms with E-state index in [2.05, 4.69) is 30.8 Å². The van der Waals surface area contributed by atoms with Crippen LogP contribution >= 0.6 is 0 Å². The minimum atomic E-state index is 0.369. The van der Waals surface area contributed by atoms with Gasteiger partial charge in [-0.2, -0.15) is 0 Å². The molecule has 0 spiro atoms. The topological polar surface area (TPSA) is 24.5 Å². The molecule has 1 aliphatic carbocycles. The standard InChI is InChI=1S/C16H30N2O/c1-14(2)6-7-15(17-3)16(8-4-5-9-16)18-10-12-19-13-11-18/h15,17H,1,4-13H2,2-3H3. The number of hydrogen-bond donors (Lipinski definition) is 1. The van der Waals surface area contributed by atoms with Crippen molar-refractivity contribution in [3.63, 3.8) is 0 Å². The van der Waals surface area contributed by atoms with Crippen molar-refractivity contribution in [2.75, 3.05) is 33.4 Å². The summed E-state index contributed by atoms with van der Waals surface area (Å²) >= 11 is 0. The van der Waals surface area contributed by atoms with Crippen LogP contribution in [-0.4, -0.2) is 49.8 Å². The van der Waals surface area contributed by atoms with Crippen LogP contribution in [0.25, 0.3) is 0 Å². The Labute approximate surface area is 118 Å². The molecule has 0 radical (unpaired) electrons. The first-order chi connectivity index (χ1) is 9.19. The average molecular weight is 266 g/mol. The molecule has 19 heavy (non-hydrogen) atoms. The summed E-state index contributed by atoms with van der Waals surface area (Å²) in [6.45, 7) is 10.2. The zero-order valence-electron chi connectivity index (χ0n) is 12.7. The van der Waals surface area contributed by atoms with Crippen molar-refractivity contribution < 1.29 is 4.74 Å². The fourth-order valence-electron chi connectivity index (χ4n) is 3.95. The Hall–Kier alpha value is -0.380. The molecule has 110 valence electrons. The molecule has 1 atom stereocenters. The zero-order valence-corrected chi connectivity index (χ0v) is 12.7. The number of ether oxygens (including phenoxy) is 1. The molecule has 3 nitrogen and oxygen atoms in total. The molecule has 1 N–H and O–H groups in total. The molecule has 2 rings (SSSR count). The number of likely N-dealkylation sites (N-methyl/N-ethyl adjacent to an activating group) is 1. The summed E-state index contributed by atoms with van der Waals surface area (Å²) < 4.78 is 5.54. The summed E-state index contributed by atoms with van der Waals surface area (Å²) in [5.41, 5.74) is 1.67. The van der Waals surface area contributed by atoms with E-state index in [9.17, 15) is 0 Å². The van der Waals surface area contributed by atoms with Crippen LogP contribution in [0.2, 0.25) is 0 Å². The van der Waals surface area contributed by atoms with Gasteiger partial charge in [-0.3, -0.25) is 4.90 Å². The quantitative estimate of drug-likeness (QED) is 0.748. The Kier molecular flexibility index (Phi) is 5.43. The molecule has 1 saturated carbocycles. The molecule has 1 unspecified atom stereocenters. The molecular weight excluding hydrogens is 236 g/mol. The van der Waals surface area contributed by atoms with Crippen LogP contribution in [0.15, 0.2) is 12.2 Å². The lowest BCUT2D eigenvalue weighted by atomic mass is 9.82. The predicted molar refractivity (Wildman–Crippen MR) is 80.5 cm³/mol. The predicted octanol–water partition coefficient (Wildman–Crippen LogP) is 2.58. The summed E-state index contributed by atoms with van der Waals surface area (Å²) in [5, 5.41) is 3.61. The maximum Gasteiger partial charge on any atom is 0.0594 e. The van der Waals surface area contributed by atoms with E-state index in [0.717, 1.165) is 32.7 Å². The summed E-state index contributed by atoms with van der Waals surface area (Å²) in [6.07, 6.45) is 7.79. The van der Waals surface area contributed by atoms with Gasteiger partial charge in [-0.15, -0.1) is 6.58 Å². The first kappa shape index (κ1) is 15.0. The highest BCUT2D eigenvalue weighted by Gasteiger charge is 2.45. The second-order valence-corrected chi connectivity index (χ2v) is 6.25. The van der Waals surface area contributed by atoms with Gasteiger partial charge in [0.25, 0.3) is 0 Å². The zero-order chi connectivity index (χ0) is 13.7. The smallest absolute Gasteiger partial charge is 0.0594 e. The molecule has 2 aliphatic rings. The fourth-order valence-corrected chi connectivity index (χ4v) is 3.95. The molecule has 1 saturated heterocycles. The largest absolute Gasteiger partial charge is 0.379 e. The van der Waals surface area contributed by atoms with Crippen LogP contribution < -0.4 is 5.32 Å². The Morgan fingerprint density at radius 1 is 1.32 bits per heavy atom. The first-order valence-corrected chi connectivity index (χ1v) is 7.83. The van der Waals surface area contributed by atoms with E-state index in [1.807, 2.05) is 0 Å². The van der Waals surface area contributed by atoms with Crippen molar-refractivity contribution in [3.05, 3.63) is 12.2 Å². The van der Waals surface area contributed by atoms with Gasteiger partial charge in [-0.25, -0.2) is 0 Å². The van der Waals surface area contributed by atoms with Gasteiger partial charge in [0.05, 0.1) is 13.2 Å². The van der Waals surface area contributed by atoms with Gasteiger partial charge in [0.1, 0.15) is 0 Å². The molecule has 2 fully saturated rings. The maximum absolute atomic E-state index is 5.54. The maximum atomic E-state index is 5.54. The van der Waals surface area contributed by atoms with Crippen LogP contribution in [0, 0.1) is 0 Å². The summed E-state index contributed by atoms with van der Waals surface area (Å²) in [6, 6.07) is 0.588. The van der Waals surface area contributed by atoms with Crippen molar-refractivity contribution in [2.45, 2.75) is 57.0 Å². The highest BCUT2D eigenvalue weighted by atomic mass is 16.5.